The van der Waals surface area contributed by atoms with Crippen LogP contribution >= 0.6 is 0 Å². The second-order valence-electron chi connectivity index (χ2n) is 4.98. The molecule has 3 unspecified atom stereocenters. The van der Waals surface area contributed by atoms with Crippen LogP contribution in [0.5, 0.6) is 0 Å². The van der Waals surface area contributed by atoms with Crippen LogP contribution in [0.15, 0.2) is 0 Å². The van der Waals surface area contributed by atoms with Crippen LogP contribution in [0.25, 0.3) is 0 Å². The molecule has 4 nitrogen and oxygen atoms in total. The molecule has 3 rings (SSSR count). The first-order chi connectivity index (χ1) is 7.44. The summed E-state index contributed by atoms with van der Waals surface area (Å²) in [6, 6.07) is 0. The van der Waals surface area contributed by atoms with Gasteiger partial charge in [-0.3, -0.25) is 4.79 Å². The Hall–Kier alpha value is -1.46. The van der Waals surface area contributed by atoms with Gasteiger partial charge in [0.2, 0.25) is 0 Å². The highest BCUT2D eigenvalue weighted by atomic mass is 19.2. The topological polar surface area (TPSA) is 60.9 Å². The van der Waals surface area contributed by atoms with E-state index in [9.17, 15) is 13.7 Å². The van der Waals surface area contributed by atoms with Crippen molar-refractivity contribution in [2.75, 3.05) is 0 Å². The van der Waals surface area contributed by atoms with Crippen molar-refractivity contribution in [2.45, 2.75) is 25.9 Å². The van der Waals surface area contributed by atoms with Crippen molar-refractivity contribution >= 4 is 5.91 Å². The number of halogens is 2. The van der Waals surface area contributed by atoms with Crippen molar-refractivity contribution in [1.82, 2.24) is 10.0 Å². The summed E-state index contributed by atoms with van der Waals surface area (Å²) in [6.45, 7) is 1.92. The third-order valence-corrected chi connectivity index (χ3v) is 3.83. The van der Waals surface area contributed by atoms with E-state index in [1.165, 1.54) is 0 Å². The molecule has 16 heavy (non-hydrogen) atoms. The maximum absolute atomic E-state index is 14.1. The Morgan fingerprint density at radius 1 is 1.69 bits per heavy atom. The summed E-state index contributed by atoms with van der Waals surface area (Å²) >= 11 is 0. The molecule has 1 heterocycles. The number of aromatic nitrogens is 2. The number of primary amides is 1. The summed E-state index contributed by atoms with van der Waals surface area (Å²) in [5.74, 6) is -0.998. The predicted octanol–water partition coefficient (Wildman–Crippen LogP) is 1.31. The highest BCUT2D eigenvalue weighted by molar-refractivity contribution is 5.92. The molecule has 2 N–H and O–H groups in total. The highest BCUT2D eigenvalue weighted by Gasteiger charge is 2.60. The number of alkyl halides is 1. The number of carbonyl (C=O) groups is 1. The van der Waals surface area contributed by atoms with Gasteiger partial charge in [-0.2, -0.15) is 0 Å². The lowest BCUT2D eigenvalue weighted by Gasteiger charge is -2.20. The zero-order valence-corrected chi connectivity index (χ0v) is 8.70. The van der Waals surface area contributed by atoms with Gasteiger partial charge in [-0.25, -0.2) is 4.39 Å². The minimum Gasteiger partial charge on any atom is -0.364 e. The fourth-order valence-electron chi connectivity index (χ4n) is 2.76. The quantitative estimate of drug-likeness (QED) is 0.786. The Labute approximate surface area is 90.3 Å². The van der Waals surface area contributed by atoms with Crippen LogP contribution in [-0.4, -0.2) is 15.9 Å². The second kappa shape index (κ2) is 2.61. The maximum atomic E-state index is 14.1. The van der Waals surface area contributed by atoms with Crippen LogP contribution < -0.4 is 5.73 Å². The summed E-state index contributed by atoms with van der Waals surface area (Å²) in [5, 5.41) is 3.36. The summed E-state index contributed by atoms with van der Waals surface area (Å²) < 4.78 is 27.5. The Morgan fingerprint density at radius 2 is 2.38 bits per heavy atom. The lowest BCUT2D eigenvalue weighted by atomic mass is 9.86. The molecule has 0 aromatic carbocycles. The zero-order valence-electron chi connectivity index (χ0n) is 8.70. The number of hydrogen-bond acceptors (Lipinski definition) is 2. The van der Waals surface area contributed by atoms with Gasteiger partial charge in [0.05, 0.1) is 5.69 Å². The lowest BCUT2D eigenvalue weighted by Crippen LogP contribution is -2.20. The van der Waals surface area contributed by atoms with Crippen LogP contribution in [-0.2, 0) is 6.42 Å². The van der Waals surface area contributed by atoms with Gasteiger partial charge in [0.1, 0.15) is 6.17 Å². The Kier molecular flexibility index (Phi) is 1.59. The van der Waals surface area contributed by atoms with Crippen LogP contribution in [0.2, 0.25) is 0 Å². The Balaban J connectivity index is 2.18. The third-order valence-electron chi connectivity index (χ3n) is 3.83. The number of nitrogens with zero attached hydrogens (tertiary/aromatic N) is 2. The number of carbonyl (C=O) groups excluding carboxylic acids is 1. The molecule has 0 spiro atoms. The van der Waals surface area contributed by atoms with Crippen molar-refractivity contribution in [1.29, 1.82) is 0 Å². The van der Waals surface area contributed by atoms with E-state index in [-0.39, 0.29) is 33.2 Å². The first kappa shape index (κ1) is 9.74. The zero-order chi connectivity index (χ0) is 11.7. The first-order valence-electron chi connectivity index (χ1n) is 5.16. The number of fused-ring (bicyclic) bond motifs is 2. The maximum Gasteiger partial charge on any atom is 0.269 e. The highest BCUT2D eigenvalue weighted by Crippen LogP contribution is 2.65. The molecule has 2 aliphatic carbocycles. The third kappa shape index (κ3) is 1.02. The molecule has 0 radical (unpaired) electrons. The average Bonchev–Trinajstić information content (AvgIpc) is 2.77. The smallest absolute Gasteiger partial charge is 0.269 e. The second-order valence-corrected chi connectivity index (χ2v) is 4.98. The van der Waals surface area contributed by atoms with Gasteiger partial charge in [-0.15, -0.1) is 5.10 Å². The Morgan fingerprint density at radius 3 is 3.00 bits per heavy atom. The van der Waals surface area contributed by atoms with E-state index in [2.05, 4.69) is 5.10 Å². The molecule has 86 valence electrons. The standard InChI is InChI=1S/C10H11F2N3O/c1-10-2-4(10)7(11)6-5(3-10)15(12)14-8(6)9(13)16/h4,7H,2-3H2,1H3,(H2,13,16). The monoisotopic (exact) mass is 227 g/mol. The van der Waals surface area contributed by atoms with Gasteiger partial charge in [0.15, 0.2) is 5.69 Å². The molecule has 1 saturated carbocycles. The minimum atomic E-state index is -1.32. The molecule has 1 amide bonds. The van der Waals surface area contributed by atoms with E-state index < -0.39 is 12.1 Å². The van der Waals surface area contributed by atoms with E-state index in [1.807, 2.05) is 6.92 Å². The van der Waals surface area contributed by atoms with E-state index in [1.54, 1.807) is 0 Å². The first-order valence-corrected chi connectivity index (χ1v) is 5.16. The molecule has 0 saturated heterocycles. The molecule has 0 bridgehead atoms. The van der Waals surface area contributed by atoms with E-state index in [0.717, 1.165) is 6.42 Å². The fourth-order valence-corrected chi connectivity index (χ4v) is 2.76. The largest absolute Gasteiger partial charge is 0.364 e. The normalized spacial score (nSPS) is 35.4. The SMILES string of the molecule is CC12Cc3c(c(C(N)=O)nn3F)C(F)C1C2. The predicted molar refractivity (Wildman–Crippen MR) is 51.0 cm³/mol. The lowest BCUT2D eigenvalue weighted by molar-refractivity contribution is 0.0989. The molecular weight excluding hydrogens is 216 g/mol. The molecule has 6 heteroatoms. The minimum absolute atomic E-state index is 0.0648. The number of amides is 1. The van der Waals surface area contributed by atoms with Crippen LogP contribution in [0.3, 0.4) is 0 Å². The van der Waals surface area contributed by atoms with Crippen molar-refractivity contribution in [3.8, 4) is 0 Å². The van der Waals surface area contributed by atoms with Gasteiger partial charge >= 0.3 is 0 Å². The number of nitrogens with two attached hydrogens (primary N) is 1. The van der Waals surface area contributed by atoms with Gasteiger partial charge in [0, 0.05) is 11.5 Å². The van der Waals surface area contributed by atoms with Crippen molar-refractivity contribution in [3.63, 3.8) is 0 Å². The summed E-state index contributed by atoms with van der Waals surface area (Å²) in [5.41, 5.74) is 4.85. The molecular formula is C10H11F2N3O. The van der Waals surface area contributed by atoms with Gasteiger partial charge in [-0.05, 0) is 18.3 Å². The van der Waals surface area contributed by atoms with Gasteiger partial charge in [0.25, 0.3) is 5.91 Å². The number of hydrogen-bond donors (Lipinski definition) is 1. The molecule has 3 atom stereocenters. The van der Waals surface area contributed by atoms with Crippen LogP contribution in [0, 0.1) is 11.3 Å². The molecule has 1 fully saturated rings. The van der Waals surface area contributed by atoms with E-state index >= 15 is 0 Å². The molecule has 0 aliphatic heterocycles. The van der Waals surface area contributed by atoms with Gasteiger partial charge in [-0.1, -0.05) is 16.3 Å². The van der Waals surface area contributed by atoms with Crippen LogP contribution in [0.1, 0.15) is 41.3 Å². The van der Waals surface area contributed by atoms with Crippen LogP contribution in [0.4, 0.5) is 8.87 Å². The van der Waals surface area contributed by atoms with E-state index in [4.69, 9.17) is 5.73 Å². The molecule has 1 aromatic heterocycles. The molecule has 1 aromatic rings. The summed E-state index contributed by atoms with van der Waals surface area (Å²) in [4.78, 5) is 11.1. The Bertz CT molecular complexity index is 498. The van der Waals surface area contributed by atoms with Crippen molar-refractivity contribution in [2.24, 2.45) is 17.1 Å². The fraction of sp³-hybridized carbons (Fsp3) is 0.600. The van der Waals surface area contributed by atoms with Gasteiger partial charge < -0.3 is 5.73 Å². The van der Waals surface area contributed by atoms with Crippen molar-refractivity contribution in [3.05, 3.63) is 17.0 Å². The summed E-state index contributed by atoms with van der Waals surface area (Å²) in [6.07, 6.45) is -0.175. The van der Waals surface area contributed by atoms with E-state index in [0.29, 0.717) is 6.42 Å². The summed E-state index contributed by atoms with van der Waals surface area (Å²) in [7, 11) is 0. The number of rotatable bonds is 1. The molecule has 2 aliphatic rings. The van der Waals surface area contributed by atoms with Crippen molar-refractivity contribution < 1.29 is 13.7 Å². The average molecular weight is 227 g/mol.